The molecule has 28 heavy (non-hydrogen) atoms. The zero-order chi connectivity index (χ0) is 19.7. The highest BCUT2D eigenvalue weighted by atomic mass is 35.5. The molecule has 0 amide bonds. The van der Waals surface area contributed by atoms with Crippen molar-refractivity contribution in [2.45, 2.75) is 38.3 Å². The van der Waals surface area contributed by atoms with E-state index in [0.29, 0.717) is 22.8 Å². The van der Waals surface area contributed by atoms with Crippen molar-refractivity contribution in [3.8, 4) is 6.07 Å². The van der Waals surface area contributed by atoms with Gasteiger partial charge in [-0.25, -0.2) is 4.79 Å². The summed E-state index contributed by atoms with van der Waals surface area (Å²) in [5, 5.41) is 11.5. The van der Waals surface area contributed by atoms with Crippen LogP contribution in [0.15, 0.2) is 42.5 Å². The predicted molar refractivity (Wildman–Crippen MR) is 106 cm³/mol. The second-order valence-corrected chi connectivity index (χ2v) is 7.63. The molecule has 1 aliphatic carbocycles. The van der Waals surface area contributed by atoms with Crippen LogP contribution in [-0.2, 0) is 9.57 Å². The van der Waals surface area contributed by atoms with Gasteiger partial charge in [0.15, 0.2) is 0 Å². The molecule has 1 saturated carbocycles. The number of nitrogens with zero attached hydrogens (tertiary/aromatic N) is 2. The van der Waals surface area contributed by atoms with Gasteiger partial charge in [0.1, 0.15) is 12.2 Å². The highest BCUT2D eigenvalue weighted by Crippen LogP contribution is 2.42. The summed E-state index contributed by atoms with van der Waals surface area (Å²) in [6.07, 6.45) is 2.39. The summed E-state index contributed by atoms with van der Waals surface area (Å²) in [4.78, 5) is 18.5. The first-order valence-electron chi connectivity index (χ1n) is 9.47. The van der Waals surface area contributed by atoms with Crippen molar-refractivity contribution >= 4 is 23.3 Å². The first-order valence-corrected chi connectivity index (χ1v) is 9.85. The van der Waals surface area contributed by atoms with E-state index in [1.165, 1.54) is 0 Å². The van der Waals surface area contributed by atoms with Crippen LogP contribution in [0.5, 0.6) is 0 Å². The van der Waals surface area contributed by atoms with Crippen molar-refractivity contribution in [2.24, 2.45) is 5.92 Å². The molecule has 3 unspecified atom stereocenters. The lowest BCUT2D eigenvalue weighted by Gasteiger charge is -2.40. The lowest BCUT2D eigenvalue weighted by molar-refractivity contribution is -0.0176. The van der Waals surface area contributed by atoms with Gasteiger partial charge < -0.3 is 4.74 Å². The average Bonchev–Trinajstić information content (AvgIpc) is 3.14. The molecule has 5 nitrogen and oxygen atoms in total. The molecule has 0 radical (unpaired) electrons. The Morgan fingerprint density at radius 1 is 1.21 bits per heavy atom. The van der Waals surface area contributed by atoms with Crippen LogP contribution in [0.25, 0.3) is 0 Å². The van der Waals surface area contributed by atoms with Crippen LogP contribution >= 0.6 is 11.6 Å². The fraction of sp³-hybridized carbons (Fsp3) is 0.364. The van der Waals surface area contributed by atoms with E-state index >= 15 is 0 Å². The monoisotopic (exact) mass is 396 g/mol. The van der Waals surface area contributed by atoms with Gasteiger partial charge in [0.2, 0.25) is 0 Å². The lowest BCUT2D eigenvalue weighted by atomic mass is 9.95. The average molecular weight is 397 g/mol. The number of hydrogen-bond acceptors (Lipinski definition) is 5. The number of esters is 1. The zero-order valence-electron chi connectivity index (χ0n) is 15.6. The Kier molecular flexibility index (Phi) is 5.25. The Bertz CT molecular complexity index is 925. The maximum absolute atomic E-state index is 12.5. The largest absolute Gasteiger partial charge is 0.458 e. The third kappa shape index (κ3) is 3.34. The minimum absolute atomic E-state index is 0.116. The number of fused-ring (bicyclic) bond motifs is 1. The zero-order valence-corrected chi connectivity index (χ0v) is 16.4. The van der Waals surface area contributed by atoms with E-state index in [4.69, 9.17) is 21.2 Å². The summed E-state index contributed by atoms with van der Waals surface area (Å²) in [6.45, 7) is 2.45. The Morgan fingerprint density at radius 3 is 2.75 bits per heavy atom. The van der Waals surface area contributed by atoms with Crippen LogP contribution in [0, 0.1) is 24.2 Å². The number of halogens is 1. The van der Waals surface area contributed by atoms with Crippen LogP contribution in [-0.4, -0.2) is 24.7 Å². The van der Waals surface area contributed by atoms with Crippen molar-refractivity contribution in [3.63, 3.8) is 0 Å². The minimum atomic E-state index is -0.276. The number of benzene rings is 2. The normalized spacial score (nSPS) is 23.8. The smallest absolute Gasteiger partial charge is 0.338 e. The molecule has 0 bridgehead atoms. The van der Waals surface area contributed by atoms with Gasteiger partial charge in [-0.2, -0.15) is 5.26 Å². The first kappa shape index (κ1) is 18.8. The molecule has 6 heteroatoms. The van der Waals surface area contributed by atoms with Crippen LogP contribution in [0.1, 0.15) is 40.7 Å². The Labute approximate surface area is 169 Å². The molecule has 2 fully saturated rings. The molecule has 2 aliphatic rings. The van der Waals surface area contributed by atoms with Crippen molar-refractivity contribution in [1.82, 2.24) is 0 Å². The third-order valence-electron chi connectivity index (χ3n) is 5.69. The number of hydrogen-bond donors (Lipinski definition) is 0. The van der Waals surface area contributed by atoms with Gasteiger partial charge in [0, 0.05) is 5.92 Å². The summed E-state index contributed by atoms with van der Waals surface area (Å²) in [5.74, 6) is -0.0721. The Morgan fingerprint density at radius 2 is 2.00 bits per heavy atom. The SMILES string of the molecule is Cc1c(N2OCCC3C(OC(=O)c4ccccc4)CCC32)ccc(C#N)c1Cl. The second-order valence-electron chi connectivity index (χ2n) is 7.25. The minimum Gasteiger partial charge on any atom is -0.458 e. The number of anilines is 1. The van der Waals surface area contributed by atoms with Gasteiger partial charge in [0.05, 0.1) is 34.5 Å². The van der Waals surface area contributed by atoms with E-state index in [0.717, 1.165) is 30.5 Å². The van der Waals surface area contributed by atoms with E-state index < -0.39 is 0 Å². The first-order chi connectivity index (χ1) is 13.6. The molecule has 4 rings (SSSR count). The van der Waals surface area contributed by atoms with Crippen molar-refractivity contribution < 1.29 is 14.4 Å². The number of nitriles is 1. The number of carbonyl (C=O) groups excluding carboxylic acids is 1. The van der Waals surface area contributed by atoms with E-state index in [9.17, 15) is 10.1 Å². The van der Waals surface area contributed by atoms with Gasteiger partial charge in [0.25, 0.3) is 0 Å². The Hall–Kier alpha value is -2.55. The quantitative estimate of drug-likeness (QED) is 0.705. The van der Waals surface area contributed by atoms with Crippen molar-refractivity contribution in [1.29, 1.82) is 5.26 Å². The molecule has 1 heterocycles. The van der Waals surface area contributed by atoms with Gasteiger partial charge in [-0.05, 0) is 56.0 Å². The highest BCUT2D eigenvalue weighted by Gasteiger charge is 2.45. The number of ether oxygens (including phenoxy) is 1. The number of rotatable bonds is 3. The number of carbonyl (C=O) groups is 1. The predicted octanol–water partition coefficient (Wildman–Crippen LogP) is 4.67. The molecule has 0 aromatic heterocycles. The molecule has 2 aromatic rings. The van der Waals surface area contributed by atoms with Crippen LogP contribution in [0.2, 0.25) is 5.02 Å². The molecular weight excluding hydrogens is 376 g/mol. The molecule has 3 atom stereocenters. The van der Waals surface area contributed by atoms with Crippen LogP contribution in [0.3, 0.4) is 0 Å². The lowest BCUT2D eigenvalue weighted by Crippen LogP contribution is -2.46. The van der Waals surface area contributed by atoms with E-state index in [1.54, 1.807) is 18.2 Å². The van der Waals surface area contributed by atoms with Gasteiger partial charge in [-0.15, -0.1) is 0 Å². The number of hydroxylamine groups is 1. The highest BCUT2D eigenvalue weighted by molar-refractivity contribution is 6.32. The third-order valence-corrected chi connectivity index (χ3v) is 6.17. The van der Waals surface area contributed by atoms with Gasteiger partial charge in [-0.3, -0.25) is 9.90 Å². The van der Waals surface area contributed by atoms with E-state index in [-0.39, 0.29) is 24.0 Å². The fourth-order valence-electron chi connectivity index (χ4n) is 4.24. The molecule has 144 valence electrons. The molecular formula is C22H21ClN2O3. The molecule has 1 aliphatic heterocycles. The van der Waals surface area contributed by atoms with Crippen LogP contribution in [0.4, 0.5) is 5.69 Å². The van der Waals surface area contributed by atoms with E-state index in [1.807, 2.05) is 36.3 Å². The van der Waals surface area contributed by atoms with Crippen molar-refractivity contribution in [3.05, 3.63) is 64.2 Å². The standard InChI is InChI=1S/C22H21ClN2O3/c1-14-18(8-7-16(13-24)21(14)23)25-19-9-10-20(17(19)11-12-27-25)28-22(26)15-5-3-2-4-6-15/h2-8,17,19-20H,9-12H2,1H3. The maximum atomic E-state index is 12.5. The van der Waals surface area contributed by atoms with Crippen molar-refractivity contribution in [2.75, 3.05) is 11.7 Å². The second kappa shape index (κ2) is 7.83. The molecule has 2 aromatic carbocycles. The summed E-state index contributed by atoms with van der Waals surface area (Å²) >= 11 is 6.35. The maximum Gasteiger partial charge on any atom is 0.338 e. The molecule has 0 N–H and O–H groups in total. The summed E-state index contributed by atoms with van der Waals surface area (Å²) in [6, 6.07) is 14.9. The summed E-state index contributed by atoms with van der Waals surface area (Å²) in [5.41, 5.74) is 2.72. The summed E-state index contributed by atoms with van der Waals surface area (Å²) in [7, 11) is 0. The Balaban J connectivity index is 1.53. The topological polar surface area (TPSA) is 62.6 Å². The van der Waals surface area contributed by atoms with E-state index in [2.05, 4.69) is 6.07 Å². The summed E-state index contributed by atoms with van der Waals surface area (Å²) < 4.78 is 5.85. The molecule has 1 saturated heterocycles. The van der Waals surface area contributed by atoms with Gasteiger partial charge >= 0.3 is 5.97 Å². The molecule has 0 spiro atoms. The van der Waals surface area contributed by atoms with Gasteiger partial charge in [-0.1, -0.05) is 29.8 Å². The fourth-order valence-corrected chi connectivity index (χ4v) is 4.44. The van der Waals surface area contributed by atoms with Crippen LogP contribution < -0.4 is 5.06 Å².